The van der Waals surface area contributed by atoms with E-state index in [0.29, 0.717) is 5.41 Å². The molecule has 2 nitrogen and oxygen atoms in total. The van der Waals surface area contributed by atoms with E-state index < -0.39 is 0 Å². The van der Waals surface area contributed by atoms with Gasteiger partial charge in [0.05, 0.1) is 6.10 Å². The normalized spacial score (nSPS) is 24.7. The highest BCUT2D eigenvalue weighted by Crippen LogP contribution is 2.46. The third-order valence-electron chi connectivity index (χ3n) is 5.58. The smallest absolute Gasteiger partial charge is 0.331 e. The van der Waals surface area contributed by atoms with Crippen molar-refractivity contribution in [2.24, 2.45) is 17.3 Å². The van der Waals surface area contributed by atoms with E-state index >= 15 is 0 Å². The van der Waals surface area contributed by atoms with Crippen LogP contribution < -0.4 is 0 Å². The van der Waals surface area contributed by atoms with E-state index in [-0.39, 0.29) is 12.1 Å². The zero-order valence-corrected chi connectivity index (χ0v) is 15.6. The molecular weight excluding hydrogens is 296 g/mol. The summed E-state index contributed by atoms with van der Waals surface area (Å²) in [5, 5.41) is 0. The molecule has 0 aliphatic heterocycles. The Morgan fingerprint density at radius 1 is 1.33 bits per heavy atom. The summed E-state index contributed by atoms with van der Waals surface area (Å²) in [5.41, 5.74) is 1.43. The summed E-state index contributed by atoms with van der Waals surface area (Å²) >= 11 is 0. The van der Waals surface area contributed by atoms with Gasteiger partial charge >= 0.3 is 5.97 Å². The molecule has 0 N–H and O–H groups in total. The van der Waals surface area contributed by atoms with E-state index in [0.717, 1.165) is 30.2 Å². The second kappa shape index (κ2) is 8.50. The van der Waals surface area contributed by atoms with E-state index in [1.807, 2.05) is 37.3 Å². The molecule has 1 saturated carbocycles. The molecule has 24 heavy (non-hydrogen) atoms. The van der Waals surface area contributed by atoms with Crippen molar-refractivity contribution < 1.29 is 9.53 Å². The van der Waals surface area contributed by atoms with Crippen LogP contribution in [-0.2, 0) is 9.53 Å². The summed E-state index contributed by atoms with van der Waals surface area (Å²) in [6, 6.07) is 9.83. The summed E-state index contributed by atoms with van der Waals surface area (Å²) in [7, 11) is 0. The first-order chi connectivity index (χ1) is 11.4. The van der Waals surface area contributed by atoms with Gasteiger partial charge in [-0.1, -0.05) is 63.9 Å². The molecule has 0 bridgehead atoms. The van der Waals surface area contributed by atoms with Crippen molar-refractivity contribution in [3.05, 3.63) is 42.0 Å². The molecule has 0 heterocycles. The van der Waals surface area contributed by atoms with Gasteiger partial charge in [0.25, 0.3) is 0 Å². The Kier molecular flexibility index (Phi) is 6.65. The molecular formula is C22H32O2. The van der Waals surface area contributed by atoms with Crippen molar-refractivity contribution in [3.8, 4) is 0 Å². The average Bonchev–Trinajstić information content (AvgIpc) is 2.53. The fourth-order valence-electron chi connectivity index (χ4n) is 4.15. The van der Waals surface area contributed by atoms with Gasteiger partial charge in [0.1, 0.15) is 0 Å². The molecule has 0 radical (unpaired) electrons. The Morgan fingerprint density at radius 3 is 2.71 bits per heavy atom. The van der Waals surface area contributed by atoms with Crippen LogP contribution in [0.2, 0.25) is 0 Å². The van der Waals surface area contributed by atoms with E-state index in [4.69, 9.17) is 4.74 Å². The number of rotatable bonds is 6. The first kappa shape index (κ1) is 18.8. The van der Waals surface area contributed by atoms with E-state index in [2.05, 4.69) is 20.8 Å². The first-order valence-electron chi connectivity index (χ1n) is 9.32. The third kappa shape index (κ3) is 5.51. The first-order valence-corrected chi connectivity index (χ1v) is 9.32. The van der Waals surface area contributed by atoms with E-state index in [1.165, 1.54) is 25.3 Å². The van der Waals surface area contributed by atoms with E-state index in [9.17, 15) is 4.79 Å². The Bertz CT molecular complexity index is 544. The molecule has 0 spiro atoms. The van der Waals surface area contributed by atoms with Crippen molar-refractivity contribution >= 4 is 12.0 Å². The Balaban J connectivity index is 1.79. The predicted octanol–water partition coefficient (Wildman–Crippen LogP) is 5.87. The van der Waals surface area contributed by atoms with Gasteiger partial charge in [-0.2, -0.15) is 0 Å². The monoisotopic (exact) mass is 328 g/mol. The van der Waals surface area contributed by atoms with Gasteiger partial charge in [0.2, 0.25) is 0 Å². The highest BCUT2D eigenvalue weighted by molar-refractivity contribution is 5.87. The zero-order valence-electron chi connectivity index (χ0n) is 15.6. The minimum Gasteiger partial charge on any atom is -0.460 e. The van der Waals surface area contributed by atoms with Gasteiger partial charge in [0.15, 0.2) is 0 Å². The maximum Gasteiger partial charge on any atom is 0.331 e. The number of benzene rings is 1. The molecule has 1 fully saturated rings. The van der Waals surface area contributed by atoms with Crippen LogP contribution >= 0.6 is 0 Å². The standard InChI is InChI=1S/C22H32O2/c1-17-9-8-16-22(3,4)20(17)14-12-18(2)24-21(23)15-13-19-10-6-5-7-11-19/h5-7,10-11,13,15,17-18,20H,8-9,12,14,16H2,1-4H3/b15-13+. The molecule has 1 aromatic rings. The third-order valence-corrected chi connectivity index (χ3v) is 5.58. The number of hydrogen-bond donors (Lipinski definition) is 0. The van der Waals surface area contributed by atoms with Crippen LogP contribution in [-0.4, -0.2) is 12.1 Å². The van der Waals surface area contributed by atoms with E-state index in [1.54, 1.807) is 6.08 Å². The number of ether oxygens (including phenoxy) is 1. The molecule has 0 saturated heterocycles. The minimum absolute atomic E-state index is 0.0251. The quantitative estimate of drug-likeness (QED) is 0.482. The second-order valence-corrected chi connectivity index (χ2v) is 8.03. The average molecular weight is 328 g/mol. The molecule has 1 aromatic carbocycles. The van der Waals surface area contributed by atoms with Gasteiger partial charge < -0.3 is 4.74 Å². The Labute approximate surface area is 147 Å². The van der Waals surface area contributed by atoms with Gasteiger partial charge in [-0.05, 0) is 55.1 Å². The minimum atomic E-state index is -0.248. The number of carbonyl (C=O) groups is 1. The summed E-state index contributed by atoms with van der Waals surface area (Å²) < 4.78 is 5.54. The Hall–Kier alpha value is -1.57. The molecule has 1 aliphatic carbocycles. The molecule has 132 valence electrons. The topological polar surface area (TPSA) is 26.3 Å². The van der Waals surface area contributed by atoms with Gasteiger partial charge in [-0.15, -0.1) is 0 Å². The summed E-state index contributed by atoms with van der Waals surface area (Å²) in [6.07, 6.45) is 9.40. The summed E-state index contributed by atoms with van der Waals surface area (Å²) in [5.74, 6) is 1.25. The molecule has 2 heteroatoms. The summed E-state index contributed by atoms with van der Waals surface area (Å²) in [6.45, 7) is 9.18. The number of hydrogen-bond acceptors (Lipinski definition) is 2. The maximum atomic E-state index is 12.0. The molecule has 3 atom stereocenters. The van der Waals surface area contributed by atoms with Crippen LogP contribution in [0, 0.1) is 17.3 Å². The Morgan fingerprint density at radius 2 is 2.04 bits per heavy atom. The molecule has 3 unspecified atom stereocenters. The predicted molar refractivity (Wildman–Crippen MR) is 101 cm³/mol. The van der Waals surface area contributed by atoms with Crippen molar-refractivity contribution in [2.75, 3.05) is 0 Å². The van der Waals surface area contributed by atoms with Crippen molar-refractivity contribution in [1.29, 1.82) is 0 Å². The highest BCUT2D eigenvalue weighted by Gasteiger charge is 2.36. The van der Waals surface area contributed by atoms with Crippen LogP contribution in [0.4, 0.5) is 0 Å². The van der Waals surface area contributed by atoms with Gasteiger partial charge in [-0.3, -0.25) is 0 Å². The van der Waals surface area contributed by atoms with Gasteiger partial charge in [0, 0.05) is 6.08 Å². The lowest BCUT2D eigenvalue weighted by Gasteiger charge is -2.43. The maximum absolute atomic E-state index is 12.0. The van der Waals surface area contributed by atoms with Crippen LogP contribution in [0.25, 0.3) is 6.08 Å². The number of carbonyl (C=O) groups excluding carboxylic acids is 1. The van der Waals surface area contributed by atoms with Crippen LogP contribution in [0.15, 0.2) is 36.4 Å². The van der Waals surface area contributed by atoms with Crippen molar-refractivity contribution in [2.45, 2.75) is 65.9 Å². The SMILES string of the molecule is CC(CCC1C(C)CCCC1(C)C)OC(=O)/C=C/c1ccccc1. The fourth-order valence-corrected chi connectivity index (χ4v) is 4.15. The molecule has 0 amide bonds. The highest BCUT2D eigenvalue weighted by atomic mass is 16.5. The zero-order chi connectivity index (χ0) is 17.6. The second-order valence-electron chi connectivity index (χ2n) is 8.03. The van der Waals surface area contributed by atoms with Crippen molar-refractivity contribution in [3.63, 3.8) is 0 Å². The summed E-state index contributed by atoms with van der Waals surface area (Å²) in [4.78, 5) is 12.0. The fraction of sp³-hybridized carbons (Fsp3) is 0.591. The number of esters is 1. The van der Waals surface area contributed by atoms with Crippen LogP contribution in [0.1, 0.15) is 65.4 Å². The van der Waals surface area contributed by atoms with Crippen molar-refractivity contribution in [1.82, 2.24) is 0 Å². The largest absolute Gasteiger partial charge is 0.460 e. The molecule has 0 aromatic heterocycles. The van der Waals surface area contributed by atoms with Gasteiger partial charge in [-0.25, -0.2) is 4.79 Å². The van der Waals surface area contributed by atoms with Crippen LogP contribution in [0.3, 0.4) is 0 Å². The van der Waals surface area contributed by atoms with Crippen LogP contribution in [0.5, 0.6) is 0 Å². The molecule has 2 rings (SSSR count). The lowest BCUT2D eigenvalue weighted by molar-refractivity contribution is -0.142. The lowest BCUT2D eigenvalue weighted by Crippen LogP contribution is -2.34. The molecule has 1 aliphatic rings. The lowest BCUT2D eigenvalue weighted by atomic mass is 9.62.